The average molecular weight is 368 g/mol. The summed E-state index contributed by atoms with van der Waals surface area (Å²) in [6.45, 7) is 1.85. The molecule has 0 saturated carbocycles. The largest absolute Gasteiger partial charge is 0.758 e. The van der Waals surface area contributed by atoms with E-state index in [4.69, 9.17) is 0 Å². The average Bonchev–Trinajstić information content (AvgIpc) is 2.55. The van der Waals surface area contributed by atoms with E-state index in [1.54, 1.807) is 30.3 Å². The van der Waals surface area contributed by atoms with Crippen LogP contribution in [0, 0.1) is 6.92 Å². The van der Waals surface area contributed by atoms with Crippen molar-refractivity contribution in [3.8, 4) is 0 Å². The van der Waals surface area contributed by atoms with E-state index in [0.29, 0.717) is 5.69 Å². The molecule has 2 atom stereocenters. The van der Waals surface area contributed by atoms with Gasteiger partial charge in [0.15, 0.2) is 0 Å². The number of carbonyl (C=O) groups excluding carboxylic acids is 1. The van der Waals surface area contributed by atoms with Crippen LogP contribution < -0.4 is 9.19 Å². The summed E-state index contributed by atoms with van der Waals surface area (Å²) < 4.78 is 45.1. The van der Waals surface area contributed by atoms with Gasteiger partial charge in [0.2, 0.25) is 0 Å². The Morgan fingerprint density at radius 2 is 1.71 bits per heavy atom. The van der Waals surface area contributed by atoms with Crippen LogP contribution in [0.2, 0.25) is 0 Å². The lowest BCUT2D eigenvalue weighted by molar-refractivity contribution is 0.0405. The Hall–Kier alpha value is -2.11. The van der Waals surface area contributed by atoms with E-state index in [1.165, 1.54) is 23.1 Å². The minimum absolute atomic E-state index is 0.0261. The van der Waals surface area contributed by atoms with Crippen molar-refractivity contribution >= 4 is 39.9 Å². The van der Waals surface area contributed by atoms with Crippen LogP contribution in [0.4, 0.5) is 11.4 Å². The minimum Gasteiger partial charge on any atom is -0.758 e. The van der Waals surface area contributed by atoms with E-state index in [2.05, 4.69) is 4.84 Å². The third kappa shape index (κ3) is 4.46. The van der Waals surface area contributed by atoms with Gasteiger partial charge in [0.25, 0.3) is 0 Å². The molecule has 0 aliphatic carbocycles. The summed E-state index contributed by atoms with van der Waals surface area (Å²) in [6, 6.07) is 12.4. The highest BCUT2D eigenvalue weighted by atomic mass is 32.2. The lowest BCUT2D eigenvalue weighted by Crippen LogP contribution is -2.25. The SMILES string of the molecule is Cc1ccc(N(c2ccccc2C(=O)ONS(=O)[O-])S(=O)[O-])cc1. The van der Waals surface area contributed by atoms with Gasteiger partial charge in [-0.3, -0.25) is 12.7 Å². The number of nitrogens with zero attached hydrogens (tertiary/aromatic N) is 1. The first-order valence-electron chi connectivity index (χ1n) is 6.51. The van der Waals surface area contributed by atoms with E-state index < -0.39 is 28.5 Å². The summed E-state index contributed by atoms with van der Waals surface area (Å²) in [5.74, 6) is -1.04. The van der Waals surface area contributed by atoms with Crippen LogP contribution in [0.3, 0.4) is 0 Å². The number of nitrogens with one attached hydrogen (secondary N) is 1. The minimum atomic E-state index is -2.80. The zero-order chi connectivity index (χ0) is 17.7. The number of benzene rings is 2. The molecule has 0 bridgehead atoms. The molecule has 0 fully saturated rings. The van der Waals surface area contributed by atoms with Crippen molar-refractivity contribution in [1.29, 1.82) is 0 Å². The topological polar surface area (TPSA) is 122 Å². The van der Waals surface area contributed by atoms with Crippen molar-refractivity contribution in [2.75, 3.05) is 4.31 Å². The highest BCUT2D eigenvalue weighted by Gasteiger charge is 2.20. The highest BCUT2D eigenvalue weighted by molar-refractivity contribution is 7.81. The van der Waals surface area contributed by atoms with Crippen molar-refractivity contribution in [3.05, 3.63) is 59.7 Å². The number of aryl methyl sites for hydroxylation is 1. The first kappa shape index (κ1) is 18.2. The first-order chi connectivity index (χ1) is 11.4. The molecule has 24 heavy (non-hydrogen) atoms. The Balaban J connectivity index is 2.44. The lowest BCUT2D eigenvalue weighted by atomic mass is 10.1. The number of para-hydroxylation sites is 1. The van der Waals surface area contributed by atoms with Crippen LogP contribution in [0.5, 0.6) is 0 Å². The van der Waals surface area contributed by atoms with Crippen LogP contribution in [0.25, 0.3) is 0 Å². The number of hydrogen-bond acceptors (Lipinski definition) is 6. The highest BCUT2D eigenvalue weighted by Crippen LogP contribution is 2.30. The van der Waals surface area contributed by atoms with Crippen LogP contribution >= 0.6 is 0 Å². The van der Waals surface area contributed by atoms with Gasteiger partial charge in [-0.05, 0) is 31.2 Å². The molecule has 0 heterocycles. The molecular formula is C14H12N2O6S2-2. The second-order valence-corrected chi connectivity index (χ2v) is 6.01. The molecular weight excluding hydrogens is 356 g/mol. The molecule has 0 amide bonds. The van der Waals surface area contributed by atoms with Crippen LogP contribution in [0.15, 0.2) is 48.5 Å². The fourth-order valence-corrected chi connectivity index (χ4v) is 2.69. The molecule has 0 aromatic heterocycles. The number of anilines is 2. The summed E-state index contributed by atoms with van der Waals surface area (Å²) in [5.41, 5.74) is 1.15. The predicted octanol–water partition coefficient (Wildman–Crippen LogP) is 1.38. The third-order valence-corrected chi connectivity index (χ3v) is 3.89. The first-order valence-corrected chi connectivity index (χ1v) is 8.62. The smallest absolute Gasteiger partial charge is 0.359 e. The van der Waals surface area contributed by atoms with Gasteiger partial charge in [-0.15, -0.1) is 0 Å². The Kier molecular flexibility index (Phi) is 6.17. The molecule has 10 heteroatoms. The quantitative estimate of drug-likeness (QED) is 0.607. The van der Waals surface area contributed by atoms with Crippen molar-refractivity contribution in [1.82, 2.24) is 4.89 Å². The van der Waals surface area contributed by atoms with Crippen molar-refractivity contribution in [2.24, 2.45) is 0 Å². The van der Waals surface area contributed by atoms with Crippen LogP contribution in [-0.2, 0) is 27.4 Å². The van der Waals surface area contributed by atoms with Gasteiger partial charge in [0.1, 0.15) is 0 Å². The molecule has 2 unspecified atom stereocenters. The predicted molar refractivity (Wildman–Crippen MR) is 86.2 cm³/mol. The van der Waals surface area contributed by atoms with E-state index >= 15 is 0 Å². The molecule has 0 aliphatic rings. The molecule has 0 aliphatic heterocycles. The summed E-state index contributed by atoms with van der Waals surface area (Å²) in [7, 11) is 0. The fourth-order valence-electron chi connectivity index (χ4n) is 1.94. The van der Waals surface area contributed by atoms with E-state index in [1.807, 2.05) is 6.92 Å². The maximum Gasteiger partial charge on any atom is 0.359 e. The molecule has 0 spiro atoms. The molecule has 0 saturated heterocycles. The summed E-state index contributed by atoms with van der Waals surface area (Å²) >= 11 is -5.52. The second kappa shape index (κ2) is 8.13. The molecule has 128 valence electrons. The monoisotopic (exact) mass is 368 g/mol. The molecule has 2 rings (SSSR count). The second-order valence-electron chi connectivity index (χ2n) is 4.57. The van der Waals surface area contributed by atoms with E-state index in [-0.39, 0.29) is 11.3 Å². The Bertz CT molecular complexity index is 781. The van der Waals surface area contributed by atoms with Gasteiger partial charge >= 0.3 is 5.97 Å². The van der Waals surface area contributed by atoms with E-state index in [0.717, 1.165) is 9.87 Å². The van der Waals surface area contributed by atoms with Gasteiger partial charge in [-0.1, -0.05) is 34.7 Å². The maximum absolute atomic E-state index is 12.0. The summed E-state index contributed by atoms with van der Waals surface area (Å²) in [6.07, 6.45) is 0. The molecule has 2 aromatic rings. The number of carbonyl (C=O) groups is 1. The van der Waals surface area contributed by atoms with Crippen molar-refractivity contribution < 1.29 is 27.2 Å². The van der Waals surface area contributed by atoms with Crippen molar-refractivity contribution in [3.63, 3.8) is 0 Å². The summed E-state index contributed by atoms with van der Waals surface area (Å²) in [4.78, 5) is 17.9. The van der Waals surface area contributed by atoms with E-state index in [9.17, 15) is 22.3 Å². The van der Waals surface area contributed by atoms with Crippen molar-refractivity contribution in [2.45, 2.75) is 6.92 Å². The zero-order valence-electron chi connectivity index (χ0n) is 12.3. The standard InChI is InChI=1S/C14H14N2O6S2/c1-10-6-8-11(9-7-10)16(24(20)21)13-5-3-2-4-12(13)14(17)22-15-23(18)19/h2-9,15H,1H3,(H,18,19)(H,20,21)/p-2. The third-order valence-electron chi connectivity index (χ3n) is 2.96. The fraction of sp³-hybridized carbons (Fsp3) is 0.0714. The van der Waals surface area contributed by atoms with Gasteiger partial charge in [0, 0.05) is 0 Å². The maximum atomic E-state index is 12.0. The van der Waals surface area contributed by atoms with Gasteiger partial charge in [-0.2, -0.15) is 0 Å². The Morgan fingerprint density at radius 3 is 2.29 bits per heavy atom. The normalized spacial score (nSPS) is 13.1. The molecule has 0 radical (unpaired) electrons. The molecule has 2 aromatic carbocycles. The number of hydrogen-bond donors (Lipinski definition) is 1. The zero-order valence-corrected chi connectivity index (χ0v) is 14.0. The number of rotatable bonds is 6. The summed E-state index contributed by atoms with van der Waals surface area (Å²) in [5, 5.41) is 0. The Labute approximate surface area is 143 Å². The molecule has 1 N–H and O–H groups in total. The van der Waals surface area contributed by atoms with Gasteiger partial charge < -0.3 is 13.9 Å². The Morgan fingerprint density at radius 1 is 1.08 bits per heavy atom. The van der Waals surface area contributed by atoms with Crippen LogP contribution in [-0.4, -0.2) is 23.5 Å². The lowest BCUT2D eigenvalue weighted by Gasteiger charge is -2.28. The van der Waals surface area contributed by atoms with Crippen LogP contribution in [0.1, 0.15) is 15.9 Å². The van der Waals surface area contributed by atoms with Gasteiger partial charge in [-0.25, -0.2) is 4.79 Å². The molecule has 8 nitrogen and oxygen atoms in total. The van der Waals surface area contributed by atoms with Gasteiger partial charge in [0.05, 0.1) is 39.5 Å².